The minimum atomic E-state index is -3.52. The largest absolute Gasteiger partial charge is 0.447 e. The Hall–Kier alpha value is -1.69. The normalized spacial score (nSPS) is 18.4. The first-order chi connectivity index (χ1) is 10.5. The van der Waals surface area contributed by atoms with Crippen molar-refractivity contribution in [3.63, 3.8) is 0 Å². The predicted octanol–water partition coefficient (Wildman–Crippen LogP) is 2.06. The molecular formula is C14H18NO6P. The van der Waals surface area contributed by atoms with Crippen LogP contribution in [0, 0.1) is 0 Å². The number of imide groups is 1. The molecule has 0 radical (unpaired) electrons. The number of amides is 2. The third kappa shape index (κ3) is 3.74. The second-order valence-corrected chi connectivity index (χ2v) is 7.09. The summed E-state index contributed by atoms with van der Waals surface area (Å²) >= 11 is 0. The number of carbonyl (C=O) groups is 2. The van der Waals surface area contributed by atoms with Gasteiger partial charge in [-0.05, 0) is 12.0 Å². The average Bonchev–Trinajstić information content (AvgIpc) is 2.89. The van der Waals surface area contributed by atoms with Crippen LogP contribution in [0.3, 0.4) is 0 Å². The molecule has 1 aromatic rings. The Balaban J connectivity index is 2.11. The molecule has 120 valence electrons. The van der Waals surface area contributed by atoms with Gasteiger partial charge in [0.15, 0.2) is 0 Å². The van der Waals surface area contributed by atoms with E-state index in [1.807, 2.05) is 30.3 Å². The number of cyclic esters (lactones) is 1. The molecule has 0 bridgehead atoms. The van der Waals surface area contributed by atoms with E-state index in [2.05, 4.69) is 0 Å². The monoisotopic (exact) mass is 327 g/mol. The third-order valence-corrected chi connectivity index (χ3v) is 5.20. The highest BCUT2D eigenvalue weighted by atomic mass is 31.2. The van der Waals surface area contributed by atoms with Gasteiger partial charge in [-0.2, -0.15) is 0 Å². The van der Waals surface area contributed by atoms with Crippen LogP contribution in [-0.2, 0) is 29.6 Å². The Kier molecular flexibility index (Phi) is 5.34. The SMILES string of the molecule is COP(=O)(CC(=O)N1C(=O)OC[C@H]1Cc1ccccc1)OC. The van der Waals surface area contributed by atoms with Gasteiger partial charge in [-0.25, -0.2) is 9.69 Å². The van der Waals surface area contributed by atoms with E-state index in [9.17, 15) is 14.2 Å². The summed E-state index contributed by atoms with van der Waals surface area (Å²) in [6.45, 7) is 0.115. The van der Waals surface area contributed by atoms with Crippen molar-refractivity contribution in [1.82, 2.24) is 4.90 Å². The van der Waals surface area contributed by atoms with Gasteiger partial charge >= 0.3 is 13.7 Å². The van der Waals surface area contributed by atoms with Gasteiger partial charge in [0.1, 0.15) is 12.8 Å². The van der Waals surface area contributed by atoms with Crippen molar-refractivity contribution in [2.45, 2.75) is 12.5 Å². The molecule has 0 aliphatic carbocycles. The van der Waals surface area contributed by atoms with E-state index >= 15 is 0 Å². The van der Waals surface area contributed by atoms with Crippen molar-refractivity contribution in [2.75, 3.05) is 27.0 Å². The molecule has 0 aromatic heterocycles. The Labute approximate surface area is 128 Å². The Bertz CT molecular complexity index is 582. The smallest absolute Gasteiger partial charge is 0.417 e. The summed E-state index contributed by atoms with van der Waals surface area (Å²) in [5, 5.41) is 0. The number of nitrogens with zero attached hydrogens (tertiary/aromatic N) is 1. The second kappa shape index (κ2) is 7.05. The molecule has 22 heavy (non-hydrogen) atoms. The zero-order chi connectivity index (χ0) is 16.2. The van der Waals surface area contributed by atoms with E-state index in [0.717, 1.165) is 10.5 Å². The van der Waals surface area contributed by atoms with Gasteiger partial charge < -0.3 is 13.8 Å². The molecule has 7 nitrogen and oxygen atoms in total. The lowest BCUT2D eigenvalue weighted by molar-refractivity contribution is -0.126. The maximum atomic E-state index is 12.3. The molecule has 1 saturated heterocycles. The van der Waals surface area contributed by atoms with E-state index in [4.69, 9.17) is 13.8 Å². The summed E-state index contributed by atoms with van der Waals surface area (Å²) in [6.07, 6.45) is -0.757. The topological polar surface area (TPSA) is 82.1 Å². The van der Waals surface area contributed by atoms with Crippen molar-refractivity contribution in [3.05, 3.63) is 35.9 Å². The number of hydrogen-bond acceptors (Lipinski definition) is 6. The fourth-order valence-electron chi connectivity index (χ4n) is 2.25. The van der Waals surface area contributed by atoms with Crippen LogP contribution in [0.5, 0.6) is 0 Å². The molecule has 1 aliphatic rings. The van der Waals surface area contributed by atoms with Gasteiger partial charge in [0.25, 0.3) is 0 Å². The van der Waals surface area contributed by atoms with Gasteiger partial charge in [0, 0.05) is 14.2 Å². The summed E-state index contributed by atoms with van der Waals surface area (Å²) in [6, 6.07) is 9.02. The summed E-state index contributed by atoms with van der Waals surface area (Å²) in [5.41, 5.74) is 0.977. The van der Waals surface area contributed by atoms with E-state index in [1.54, 1.807) is 0 Å². The quantitative estimate of drug-likeness (QED) is 0.744. The van der Waals surface area contributed by atoms with Gasteiger partial charge in [-0.3, -0.25) is 9.36 Å². The predicted molar refractivity (Wildman–Crippen MR) is 78.6 cm³/mol. The van der Waals surface area contributed by atoms with E-state index in [1.165, 1.54) is 14.2 Å². The van der Waals surface area contributed by atoms with Gasteiger partial charge in [-0.15, -0.1) is 0 Å². The lowest BCUT2D eigenvalue weighted by Crippen LogP contribution is -2.41. The minimum Gasteiger partial charge on any atom is -0.447 e. The lowest BCUT2D eigenvalue weighted by atomic mass is 10.1. The van der Waals surface area contributed by atoms with Crippen LogP contribution in [0.25, 0.3) is 0 Å². The van der Waals surface area contributed by atoms with Gasteiger partial charge in [0.2, 0.25) is 5.91 Å². The molecule has 0 saturated carbocycles. The molecule has 0 unspecified atom stereocenters. The van der Waals surface area contributed by atoms with E-state index in [0.29, 0.717) is 6.42 Å². The fraction of sp³-hybridized carbons (Fsp3) is 0.429. The molecule has 1 atom stereocenters. The Morgan fingerprint density at radius 2 is 1.95 bits per heavy atom. The zero-order valence-corrected chi connectivity index (χ0v) is 13.3. The molecule has 0 N–H and O–H groups in total. The maximum Gasteiger partial charge on any atom is 0.417 e. The van der Waals surface area contributed by atoms with Crippen LogP contribution in [0.1, 0.15) is 5.56 Å². The van der Waals surface area contributed by atoms with Crippen LogP contribution in [0.2, 0.25) is 0 Å². The minimum absolute atomic E-state index is 0.115. The summed E-state index contributed by atoms with van der Waals surface area (Å²) < 4.78 is 26.5. The van der Waals surface area contributed by atoms with Crippen LogP contribution in [0.4, 0.5) is 4.79 Å². The van der Waals surface area contributed by atoms with Crippen molar-refractivity contribution >= 4 is 19.6 Å². The Morgan fingerprint density at radius 1 is 1.32 bits per heavy atom. The van der Waals surface area contributed by atoms with Crippen molar-refractivity contribution in [2.24, 2.45) is 0 Å². The first-order valence-electron chi connectivity index (χ1n) is 6.72. The van der Waals surface area contributed by atoms with Crippen molar-refractivity contribution in [1.29, 1.82) is 0 Å². The first kappa shape index (κ1) is 16.7. The first-order valence-corrected chi connectivity index (χ1v) is 8.45. The number of carbonyl (C=O) groups excluding carboxylic acids is 2. The molecule has 1 aliphatic heterocycles. The Morgan fingerprint density at radius 3 is 2.55 bits per heavy atom. The highest BCUT2D eigenvalue weighted by molar-refractivity contribution is 7.54. The van der Waals surface area contributed by atoms with Crippen LogP contribution < -0.4 is 0 Å². The van der Waals surface area contributed by atoms with E-state index in [-0.39, 0.29) is 6.61 Å². The van der Waals surface area contributed by atoms with Gasteiger partial charge in [-0.1, -0.05) is 30.3 Å². The molecular weight excluding hydrogens is 309 g/mol. The molecule has 2 rings (SSSR count). The molecule has 1 aromatic carbocycles. The van der Waals surface area contributed by atoms with E-state index < -0.39 is 31.8 Å². The standard InChI is InChI=1S/C14H18NO6P/c1-19-22(18,20-2)10-13(16)15-12(9-21-14(15)17)8-11-6-4-3-5-7-11/h3-7,12H,8-10H2,1-2H3/t12-/m1/s1. The third-order valence-electron chi connectivity index (χ3n) is 3.43. The lowest BCUT2D eigenvalue weighted by Gasteiger charge is -2.21. The average molecular weight is 327 g/mol. The van der Waals surface area contributed by atoms with Crippen LogP contribution in [0.15, 0.2) is 30.3 Å². The highest BCUT2D eigenvalue weighted by Gasteiger charge is 2.40. The number of hydrogen-bond donors (Lipinski definition) is 0. The molecule has 8 heteroatoms. The highest BCUT2D eigenvalue weighted by Crippen LogP contribution is 2.46. The molecule has 2 amide bonds. The van der Waals surface area contributed by atoms with Crippen LogP contribution in [-0.4, -0.2) is 49.9 Å². The van der Waals surface area contributed by atoms with Crippen LogP contribution >= 0.6 is 7.60 Å². The number of rotatable bonds is 6. The molecule has 1 fully saturated rings. The summed E-state index contributed by atoms with van der Waals surface area (Å²) in [5.74, 6) is -0.629. The van der Waals surface area contributed by atoms with Crippen molar-refractivity contribution in [3.8, 4) is 0 Å². The number of ether oxygens (including phenoxy) is 1. The van der Waals surface area contributed by atoms with Gasteiger partial charge in [0.05, 0.1) is 6.04 Å². The van der Waals surface area contributed by atoms with Crippen molar-refractivity contribution < 1.29 is 27.9 Å². The fourth-order valence-corrected chi connectivity index (χ4v) is 3.14. The number of benzene rings is 1. The molecule has 0 spiro atoms. The summed E-state index contributed by atoms with van der Waals surface area (Å²) in [7, 11) is -1.13. The maximum absolute atomic E-state index is 12.3. The zero-order valence-electron chi connectivity index (χ0n) is 12.4. The molecule has 1 heterocycles. The second-order valence-electron chi connectivity index (χ2n) is 4.82. The summed E-state index contributed by atoms with van der Waals surface area (Å²) in [4.78, 5) is 25.1.